The number of nitrogens with one attached hydrogen (secondary N) is 1. The molecule has 0 unspecified atom stereocenters. The van der Waals surface area contributed by atoms with Crippen molar-refractivity contribution in [3.05, 3.63) is 51.3 Å². The predicted octanol–water partition coefficient (Wildman–Crippen LogP) is 2.49. The fraction of sp³-hybridized carbons (Fsp3) is 0.333. The van der Waals surface area contributed by atoms with Gasteiger partial charge in [-0.15, -0.1) is 0 Å². The summed E-state index contributed by atoms with van der Waals surface area (Å²) in [6.07, 6.45) is 1.33. The molecule has 3 rings (SSSR count). The number of halogens is 1. The molecule has 9 heteroatoms. The second kappa shape index (κ2) is 7.41. The van der Waals surface area contributed by atoms with Gasteiger partial charge in [-0.3, -0.25) is 10.1 Å². The van der Waals surface area contributed by atoms with Crippen LogP contribution in [0.15, 0.2) is 30.6 Å². The van der Waals surface area contributed by atoms with Gasteiger partial charge in [0.1, 0.15) is 6.33 Å². The Hall–Kier alpha value is -2.45. The minimum Gasteiger partial charge on any atom is -0.378 e. The van der Waals surface area contributed by atoms with E-state index in [9.17, 15) is 10.1 Å². The summed E-state index contributed by atoms with van der Waals surface area (Å²) in [5.74, 6) is 0.483. The van der Waals surface area contributed by atoms with Crippen LogP contribution in [0.4, 0.5) is 17.3 Å². The molecule has 126 valence electrons. The van der Waals surface area contributed by atoms with Gasteiger partial charge in [0.15, 0.2) is 0 Å². The minimum atomic E-state index is -0.459. The normalized spacial score (nSPS) is 14.5. The molecule has 24 heavy (non-hydrogen) atoms. The summed E-state index contributed by atoms with van der Waals surface area (Å²) >= 11 is 6.12. The summed E-state index contributed by atoms with van der Waals surface area (Å²) < 4.78 is 5.29. The number of rotatable bonds is 5. The maximum atomic E-state index is 11.6. The Morgan fingerprint density at radius 1 is 1.29 bits per heavy atom. The van der Waals surface area contributed by atoms with Crippen molar-refractivity contribution in [1.82, 2.24) is 9.97 Å². The molecular weight excluding hydrogens is 334 g/mol. The lowest BCUT2D eigenvalue weighted by Gasteiger charge is -2.27. The van der Waals surface area contributed by atoms with Gasteiger partial charge in [-0.05, 0) is 11.6 Å². The van der Waals surface area contributed by atoms with Crippen LogP contribution in [0.1, 0.15) is 5.56 Å². The number of hydrogen-bond acceptors (Lipinski definition) is 7. The van der Waals surface area contributed by atoms with Crippen molar-refractivity contribution >= 4 is 28.9 Å². The second-order valence-electron chi connectivity index (χ2n) is 5.20. The minimum absolute atomic E-state index is 0.133. The molecule has 1 saturated heterocycles. The molecule has 1 N–H and O–H groups in total. The summed E-state index contributed by atoms with van der Waals surface area (Å²) in [4.78, 5) is 21.1. The second-order valence-corrected chi connectivity index (χ2v) is 5.60. The highest BCUT2D eigenvalue weighted by molar-refractivity contribution is 6.31. The molecule has 2 heterocycles. The first-order valence-electron chi connectivity index (χ1n) is 7.46. The van der Waals surface area contributed by atoms with Crippen LogP contribution < -0.4 is 10.2 Å². The number of nitro groups is 1. The van der Waals surface area contributed by atoms with Crippen molar-refractivity contribution in [2.24, 2.45) is 0 Å². The maximum absolute atomic E-state index is 11.6. The molecule has 0 radical (unpaired) electrons. The van der Waals surface area contributed by atoms with Crippen LogP contribution in [-0.2, 0) is 11.3 Å². The van der Waals surface area contributed by atoms with Gasteiger partial charge < -0.3 is 15.0 Å². The van der Waals surface area contributed by atoms with Crippen LogP contribution >= 0.6 is 11.6 Å². The van der Waals surface area contributed by atoms with E-state index in [1.54, 1.807) is 6.07 Å². The molecule has 0 aliphatic carbocycles. The van der Waals surface area contributed by atoms with Crippen LogP contribution in [-0.4, -0.2) is 41.2 Å². The fourth-order valence-electron chi connectivity index (χ4n) is 2.49. The molecule has 0 bridgehead atoms. The van der Waals surface area contributed by atoms with Gasteiger partial charge in [0.2, 0.25) is 11.6 Å². The van der Waals surface area contributed by atoms with Gasteiger partial charge in [0, 0.05) is 24.7 Å². The molecule has 1 aliphatic heterocycles. The lowest BCUT2D eigenvalue weighted by Crippen LogP contribution is -2.37. The van der Waals surface area contributed by atoms with Crippen molar-refractivity contribution in [3.63, 3.8) is 0 Å². The number of aromatic nitrogens is 2. The number of morpholine rings is 1. The third-order valence-corrected chi connectivity index (χ3v) is 4.07. The fourth-order valence-corrected chi connectivity index (χ4v) is 2.70. The highest BCUT2D eigenvalue weighted by atomic mass is 35.5. The van der Waals surface area contributed by atoms with Gasteiger partial charge in [0.05, 0.1) is 18.1 Å². The van der Waals surface area contributed by atoms with E-state index in [-0.39, 0.29) is 11.5 Å². The average Bonchev–Trinajstić information content (AvgIpc) is 2.61. The zero-order chi connectivity index (χ0) is 16.9. The first kappa shape index (κ1) is 16.4. The van der Waals surface area contributed by atoms with E-state index in [1.807, 2.05) is 23.1 Å². The van der Waals surface area contributed by atoms with Gasteiger partial charge in [-0.2, -0.15) is 0 Å². The highest BCUT2D eigenvalue weighted by Gasteiger charge is 2.28. The Morgan fingerprint density at radius 3 is 2.75 bits per heavy atom. The number of hydrogen-bond donors (Lipinski definition) is 1. The summed E-state index contributed by atoms with van der Waals surface area (Å²) in [5, 5.41) is 15.2. The zero-order valence-corrected chi connectivity index (χ0v) is 13.6. The van der Waals surface area contributed by atoms with E-state index in [4.69, 9.17) is 16.3 Å². The Kier molecular flexibility index (Phi) is 5.07. The topological polar surface area (TPSA) is 93.4 Å². The summed E-state index contributed by atoms with van der Waals surface area (Å²) in [7, 11) is 0. The van der Waals surface area contributed by atoms with Crippen LogP contribution in [0, 0.1) is 10.1 Å². The van der Waals surface area contributed by atoms with Crippen LogP contribution in [0.25, 0.3) is 0 Å². The number of ether oxygens (including phenoxy) is 1. The lowest BCUT2D eigenvalue weighted by molar-refractivity contribution is -0.383. The first-order chi connectivity index (χ1) is 11.7. The smallest absolute Gasteiger partial charge is 0.353 e. The Bertz CT molecular complexity index is 737. The quantitative estimate of drug-likeness (QED) is 0.654. The monoisotopic (exact) mass is 349 g/mol. The largest absolute Gasteiger partial charge is 0.378 e. The molecule has 0 saturated carbocycles. The van der Waals surface area contributed by atoms with E-state index >= 15 is 0 Å². The third kappa shape index (κ3) is 3.55. The molecule has 0 atom stereocenters. The van der Waals surface area contributed by atoms with Crippen LogP contribution in [0.3, 0.4) is 0 Å². The standard InChI is InChI=1S/C15H16ClN5O3/c16-12-4-2-1-3-11(12)9-17-14-13(21(22)23)15(19-10-18-14)20-5-7-24-8-6-20/h1-4,10H,5-9H2,(H,17,18,19). The summed E-state index contributed by atoms with van der Waals surface area (Å²) in [5.41, 5.74) is 0.700. The van der Waals surface area contributed by atoms with Crippen LogP contribution in [0.2, 0.25) is 5.02 Å². The zero-order valence-electron chi connectivity index (χ0n) is 12.8. The number of nitrogens with zero attached hydrogens (tertiary/aromatic N) is 4. The van der Waals surface area contributed by atoms with Gasteiger partial charge in [-0.25, -0.2) is 9.97 Å². The molecule has 0 spiro atoms. The predicted molar refractivity (Wildman–Crippen MR) is 90.5 cm³/mol. The van der Waals surface area contributed by atoms with Crippen molar-refractivity contribution in [2.45, 2.75) is 6.54 Å². The third-order valence-electron chi connectivity index (χ3n) is 3.70. The molecule has 1 aromatic heterocycles. The van der Waals surface area contributed by atoms with Gasteiger partial charge in [-0.1, -0.05) is 29.8 Å². The van der Waals surface area contributed by atoms with Crippen molar-refractivity contribution < 1.29 is 9.66 Å². The van der Waals surface area contributed by atoms with Crippen molar-refractivity contribution in [2.75, 3.05) is 36.5 Å². The van der Waals surface area contributed by atoms with Crippen molar-refractivity contribution in [3.8, 4) is 0 Å². The number of anilines is 2. The van der Waals surface area contributed by atoms with Crippen molar-refractivity contribution in [1.29, 1.82) is 0 Å². The molecule has 8 nitrogen and oxygen atoms in total. The van der Waals surface area contributed by atoms with Crippen LogP contribution in [0.5, 0.6) is 0 Å². The summed E-state index contributed by atoms with van der Waals surface area (Å²) in [6.45, 7) is 2.48. The van der Waals surface area contributed by atoms with Gasteiger partial charge in [0.25, 0.3) is 0 Å². The molecular formula is C15H16ClN5O3. The first-order valence-corrected chi connectivity index (χ1v) is 7.84. The SMILES string of the molecule is O=[N+]([O-])c1c(NCc2ccccc2Cl)ncnc1N1CCOCC1. The molecule has 1 aromatic carbocycles. The van der Waals surface area contributed by atoms with Gasteiger partial charge >= 0.3 is 5.69 Å². The molecule has 0 amide bonds. The Morgan fingerprint density at radius 2 is 2.04 bits per heavy atom. The molecule has 1 fully saturated rings. The lowest BCUT2D eigenvalue weighted by atomic mass is 10.2. The molecule has 2 aromatic rings. The summed E-state index contributed by atoms with van der Waals surface area (Å²) in [6, 6.07) is 7.31. The van der Waals surface area contributed by atoms with E-state index < -0.39 is 4.92 Å². The Balaban J connectivity index is 1.87. The average molecular weight is 350 g/mol. The van der Waals surface area contributed by atoms with E-state index in [0.717, 1.165) is 5.56 Å². The maximum Gasteiger partial charge on any atom is 0.353 e. The van der Waals surface area contributed by atoms with E-state index in [1.165, 1.54) is 6.33 Å². The Labute approximate surface area is 143 Å². The number of benzene rings is 1. The van der Waals surface area contributed by atoms with E-state index in [2.05, 4.69) is 15.3 Å². The molecule has 1 aliphatic rings. The highest BCUT2D eigenvalue weighted by Crippen LogP contribution is 2.32. The van der Waals surface area contributed by atoms with E-state index in [0.29, 0.717) is 43.7 Å².